The number of carbonyl (C=O) groups is 2. The molecule has 1 atom stereocenters. The normalized spacial score (nSPS) is 17.3. The minimum atomic E-state index is -0.804. The Balaban J connectivity index is 2.36. The number of carboxylic acids is 1. The number of hydrogen-bond donors (Lipinski definition) is 3. The molecule has 0 bridgehead atoms. The zero-order valence-electron chi connectivity index (χ0n) is 11.8. The summed E-state index contributed by atoms with van der Waals surface area (Å²) < 4.78 is 0. The summed E-state index contributed by atoms with van der Waals surface area (Å²) in [5.74, 6) is -0.369. The SMILES string of the molecule is CC(C)CC(CNC(=O)N1CCNCC1)CC(=O)O. The third-order valence-electron chi connectivity index (χ3n) is 3.21. The molecule has 0 aromatic carbocycles. The second-order valence-electron chi connectivity index (χ2n) is 5.52. The van der Waals surface area contributed by atoms with Crippen molar-refractivity contribution in [1.82, 2.24) is 15.5 Å². The lowest BCUT2D eigenvalue weighted by Gasteiger charge is -2.28. The Bertz CT molecular complexity index is 302. The number of amides is 2. The number of carboxylic acid groups (broad SMARTS) is 1. The molecule has 1 aliphatic heterocycles. The second-order valence-corrected chi connectivity index (χ2v) is 5.52. The molecule has 0 radical (unpaired) electrons. The predicted molar refractivity (Wildman–Crippen MR) is 73.0 cm³/mol. The average Bonchev–Trinajstić information content (AvgIpc) is 2.35. The van der Waals surface area contributed by atoms with Crippen LogP contribution in [0.3, 0.4) is 0 Å². The largest absolute Gasteiger partial charge is 0.481 e. The molecule has 0 aromatic heterocycles. The first-order valence-electron chi connectivity index (χ1n) is 6.94. The van der Waals surface area contributed by atoms with E-state index in [2.05, 4.69) is 24.5 Å². The van der Waals surface area contributed by atoms with E-state index in [0.717, 1.165) is 19.5 Å². The van der Waals surface area contributed by atoms with Gasteiger partial charge in [-0.3, -0.25) is 4.79 Å². The molecule has 0 aliphatic carbocycles. The van der Waals surface area contributed by atoms with Crippen LogP contribution >= 0.6 is 0 Å². The van der Waals surface area contributed by atoms with E-state index >= 15 is 0 Å². The molecule has 6 heteroatoms. The molecule has 19 heavy (non-hydrogen) atoms. The van der Waals surface area contributed by atoms with Gasteiger partial charge in [0.2, 0.25) is 0 Å². The summed E-state index contributed by atoms with van der Waals surface area (Å²) in [7, 11) is 0. The minimum Gasteiger partial charge on any atom is -0.481 e. The van der Waals surface area contributed by atoms with Crippen molar-refractivity contribution in [2.24, 2.45) is 11.8 Å². The summed E-state index contributed by atoms with van der Waals surface area (Å²) in [6, 6.07) is -0.0827. The smallest absolute Gasteiger partial charge is 0.317 e. The van der Waals surface area contributed by atoms with Crippen LogP contribution in [-0.4, -0.2) is 54.7 Å². The second kappa shape index (κ2) is 7.99. The zero-order valence-corrected chi connectivity index (χ0v) is 11.8. The third kappa shape index (κ3) is 6.42. The van der Waals surface area contributed by atoms with Crippen LogP contribution in [0.15, 0.2) is 0 Å². The lowest BCUT2D eigenvalue weighted by atomic mass is 9.94. The number of hydrogen-bond acceptors (Lipinski definition) is 3. The van der Waals surface area contributed by atoms with Gasteiger partial charge in [-0.2, -0.15) is 0 Å². The van der Waals surface area contributed by atoms with Crippen molar-refractivity contribution in [2.45, 2.75) is 26.7 Å². The highest BCUT2D eigenvalue weighted by molar-refractivity contribution is 5.74. The van der Waals surface area contributed by atoms with Gasteiger partial charge in [-0.25, -0.2) is 4.79 Å². The van der Waals surface area contributed by atoms with E-state index in [0.29, 0.717) is 25.6 Å². The molecule has 0 saturated carbocycles. The summed E-state index contributed by atoms with van der Waals surface area (Å²) in [6.45, 7) is 7.61. The Hall–Kier alpha value is -1.30. The fourth-order valence-corrected chi connectivity index (χ4v) is 2.36. The molecule has 1 unspecified atom stereocenters. The monoisotopic (exact) mass is 271 g/mol. The first kappa shape index (κ1) is 15.8. The molecule has 1 aliphatic rings. The molecule has 0 aromatic rings. The van der Waals surface area contributed by atoms with E-state index in [4.69, 9.17) is 5.11 Å². The Kier molecular flexibility index (Phi) is 6.62. The summed E-state index contributed by atoms with van der Waals surface area (Å²) in [4.78, 5) is 24.5. The van der Waals surface area contributed by atoms with Crippen LogP contribution in [0.25, 0.3) is 0 Å². The van der Waals surface area contributed by atoms with Gasteiger partial charge < -0.3 is 20.6 Å². The summed E-state index contributed by atoms with van der Waals surface area (Å²) in [6.07, 6.45) is 0.925. The highest BCUT2D eigenvalue weighted by Gasteiger charge is 2.19. The summed E-state index contributed by atoms with van der Waals surface area (Å²) in [5.41, 5.74) is 0. The van der Waals surface area contributed by atoms with E-state index < -0.39 is 5.97 Å². The number of aliphatic carboxylic acids is 1. The van der Waals surface area contributed by atoms with Gasteiger partial charge in [0, 0.05) is 39.1 Å². The number of carbonyl (C=O) groups excluding carboxylic acids is 1. The van der Waals surface area contributed by atoms with Crippen LogP contribution in [0.4, 0.5) is 4.79 Å². The fraction of sp³-hybridized carbons (Fsp3) is 0.846. The Morgan fingerprint density at radius 1 is 1.32 bits per heavy atom. The van der Waals surface area contributed by atoms with Crippen LogP contribution in [0.5, 0.6) is 0 Å². The van der Waals surface area contributed by atoms with Crippen molar-refractivity contribution in [3.05, 3.63) is 0 Å². The van der Waals surface area contributed by atoms with Crippen LogP contribution in [0.2, 0.25) is 0 Å². The van der Waals surface area contributed by atoms with Gasteiger partial charge in [0.1, 0.15) is 0 Å². The topological polar surface area (TPSA) is 81.7 Å². The molecule has 1 fully saturated rings. The predicted octanol–water partition coefficient (Wildman–Crippen LogP) is 0.738. The number of urea groups is 1. The Labute approximate surface area is 114 Å². The van der Waals surface area contributed by atoms with Gasteiger partial charge in [0.25, 0.3) is 0 Å². The minimum absolute atomic E-state index is 0.00404. The number of piperazine rings is 1. The van der Waals surface area contributed by atoms with E-state index in [-0.39, 0.29) is 18.4 Å². The fourth-order valence-electron chi connectivity index (χ4n) is 2.36. The van der Waals surface area contributed by atoms with E-state index in [9.17, 15) is 9.59 Å². The number of nitrogens with zero attached hydrogens (tertiary/aromatic N) is 1. The maximum Gasteiger partial charge on any atom is 0.317 e. The maximum absolute atomic E-state index is 11.9. The lowest BCUT2D eigenvalue weighted by molar-refractivity contribution is -0.138. The van der Waals surface area contributed by atoms with Gasteiger partial charge in [0.05, 0.1) is 0 Å². The molecule has 1 rings (SSSR count). The molecule has 0 spiro atoms. The molecule has 1 saturated heterocycles. The van der Waals surface area contributed by atoms with Crippen molar-refractivity contribution in [3.8, 4) is 0 Å². The van der Waals surface area contributed by atoms with Crippen molar-refractivity contribution in [3.63, 3.8) is 0 Å². The van der Waals surface area contributed by atoms with Gasteiger partial charge in [-0.1, -0.05) is 13.8 Å². The zero-order chi connectivity index (χ0) is 14.3. The Morgan fingerprint density at radius 2 is 1.95 bits per heavy atom. The standard InChI is InChI=1S/C13H25N3O3/c1-10(2)7-11(8-12(17)18)9-15-13(19)16-5-3-14-4-6-16/h10-11,14H,3-9H2,1-2H3,(H,15,19)(H,17,18). The lowest BCUT2D eigenvalue weighted by Crippen LogP contribution is -2.50. The van der Waals surface area contributed by atoms with Gasteiger partial charge in [-0.05, 0) is 18.3 Å². The molecule has 110 valence electrons. The van der Waals surface area contributed by atoms with E-state index in [1.807, 2.05) is 0 Å². The molecule has 6 nitrogen and oxygen atoms in total. The maximum atomic E-state index is 11.9. The average molecular weight is 271 g/mol. The van der Waals surface area contributed by atoms with E-state index in [1.165, 1.54) is 0 Å². The summed E-state index contributed by atoms with van der Waals surface area (Å²) >= 11 is 0. The van der Waals surface area contributed by atoms with Gasteiger partial charge in [-0.15, -0.1) is 0 Å². The van der Waals surface area contributed by atoms with Crippen LogP contribution in [0, 0.1) is 11.8 Å². The van der Waals surface area contributed by atoms with Crippen LogP contribution in [0.1, 0.15) is 26.7 Å². The van der Waals surface area contributed by atoms with Crippen molar-refractivity contribution in [2.75, 3.05) is 32.7 Å². The third-order valence-corrected chi connectivity index (χ3v) is 3.21. The van der Waals surface area contributed by atoms with Crippen LogP contribution in [-0.2, 0) is 4.79 Å². The van der Waals surface area contributed by atoms with Gasteiger partial charge in [0.15, 0.2) is 0 Å². The molecule has 3 N–H and O–H groups in total. The molecule has 1 heterocycles. The number of nitrogens with one attached hydrogen (secondary N) is 2. The molecular weight excluding hydrogens is 246 g/mol. The first-order chi connectivity index (χ1) is 8.99. The molecule has 2 amide bonds. The highest BCUT2D eigenvalue weighted by atomic mass is 16.4. The van der Waals surface area contributed by atoms with E-state index in [1.54, 1.807) is 4.90 Å². The van der Waals surface area contributed by atoms with Gasteiger partial charge >= 0.3 is 12.0 Å². The highest BCUT2D eigenvalue weighted by Crippen LogP contribution is 2.14. The quantitative estimate of drug-likeness (QED) is 0.665. The van der Waals surface area contributed by atoms with Crippen molar-refractivity contribution < 1.29 is 14.7 Å². The van der Waals surface area contributed by atoms with Crippen molar-refractivity contribution >= 4 is 12.0 Å². The van der Waals surface area contributed by atoms with Crippen LogP contribution < -0.4 is 10.6 Å². The molecular formula is C13H25N3O3. The number of rotatable bonds is 6. The summed E-state index contributed by atoms with van der Waals surface area (Å²) in [5, 5.41) is 14.9. The van der Waals surface area contributed by atoms with Crippen molar-refractivity contribution in [1.29, 1.82) is 0 Å². The first-order valence-corrected chi connectivity index (χ1v) is 6.94. The Morgan fingerprint density at radius 3 is 2.47 bits per heavy atom.